The van der Waals surface area contributed by atoms with E-state index in [0.29, 0.717) is 17.2 Å². The van der Waals surface area contributed by atoms with E-state index in [0.717, 1.165) is 9.86 Å². The van der Waals surface area contributed by atoms with E-state index in [1.165, 1.54) is 4.70 Å². The topological polar surface area (TPSA) is 40.6 Å². The lowest BCUT2D eigenvalue weighted by atomic mass is 10.3. The highest BCUT2D eigenvalue weighted by molar-refractivity contribution is 7.82. The van der Waals surface area contributed by atoms with Gasteiger partial charge < -0.3 is 13.6 Å². The predicted octanol–water partition coefficient (Wildman–Crippen LogP) is 8.04. The number of benzene rings is 4. The standard InChI is InChI=1S/C18H15O3P.C7H5NS2/c1-4-10-16(11-5-1)19-22(20-17-12-6-2-7-13-17)21-18-14-8-3-9-15-18;9-7-8-5-3-1-2-4-6(5)10-7/h1-15H;1-4H,(H,8,9). The molecule has 160 valence electrons. The molecule has 4 aromatic carbocycles. The highest BCUT2D eigenvalue weighted by Gasteiger charge is 2.19. The van der Waals surface area contributed by atoms with Gasteiger partial charge in [-0.3, -0.25) is 0 Å². The van der Waals surface area contributed by atoms with Gasteiger partial charge in [0.05, 0.1) is 10.2 Å². The summed E-state index contributed by atoms with van der Waals surface area (Å²) in [7, 11) is -1.59. The monoisotopic (exact) mass is 477 g/mol. The first-order valence-corrected chi connectivity index (χ1v) is 12.2. The number of hydrogen-bond donors (Lipinski definition) is 1. The van der Waals surface area contributed by atoms with Crippen LogP contribution in [-0.2, 0) is 0 Å². The Balaban J connectivity index is 0.000000203. The van der Waals surface area contributed by atoms with Crippen LogP contribution in [0, 0.1) is 0 Å². The minimum atomic E-state index is -1.59. The smallest absolute Gasteiger partial charge is 0.409 e. The molecular formula is C25H20NO3PS2. The van der Waals surface area contributed by atoms with Crippen LogP contribution in [0.1, 0.15) is 0 Å². The van der Waals surface area contributed by atoms with Crippen LogP contribution in [0.3, 0.4) is 0 Å². The number of hydrogen-bond acceptors (Lipinski definition) is 6. The fraction of sp³-hybridized carbons (Fsp3) is 0. The van der Waals surface area contributed by atoms with E-state index in [-0.39, 0.29) is 0 Å². The van der Waals surface area contributed by atoms with Crippen molar-refractivity contribution in [2.45, 2.75) is 4.34 Å². The van der Waals surface area contributed by atoms with Crippen molar-refractivity contribution in [3.63, 3.8) is 0 Å². The maximum absolute atomic E-state index is 5.84. The molecule has 5 aromatic rings. The molecule has 0 atom stereocenters. The third-order valence-corrected chi connectivity index (χ3v) is 6.34. The van der Waals surface area contributed by atoms with Crippen LogP contribution in [0.5, 0.6) is 17.2 Å². The Labute approximate surface area is 197 Å². The van der Waals surface area contributed by atoms with Gasteiger partial charge in [0, 0.05) is 0 Å². The molecule has 1 aromatic heterocycles. The number of rotatable bonds is 6. The Hall–Kier alpha value is -3.05. The van der Waals surface area contributed by atoms with Gasteiger partial charge in [-0.2, -0.15) is 0 Å². The average molecular weight is 478 g/mol. The van der Waals surface area contributed by atoms with E-state index >= 15 is 0 Å². The first-order chi connectivity index (χ1) is 15.8. The van der Waals surface area contributed by atoms with Crippen molar-refractivity contribution in [1.82, 2.24) is 4.98 Å². The molecule has 1 heterocycles. The fourth-order valence-electron chi connectivity index (χ4n) is 2.62. The van der Waals surface area contributed by atoms with Crippen LogP contribution >= 0.6 is 32.6 Å². The van der Waals surface area contributed by atoms with Crippen molar-refractivity contribution < 1.29 is 13.6 Å². The van der Waals surface area contributed by atoms with E-state index < -0.39 is 8.60 Å². The summed E-state index contributed by atoms with van der Waals surface area (Å²) in [5.41, 5.74) is 1.04. The minimum Gasteiger partial charge on any atom is -0.409 e. The summed E-state index contributed by atoms with van der Waals surface area (Å²) in [6, 6.07) is 36.5. The molecule has 0 bridgehead atoms. The highest BCUT2D eigenvalue weighted by atomic mass is 32.2. The largest absolute Gasteiger partial charge is 0.530 e. The lowest BCUT2D eigenvalue weighted by Crippen LogP contribution is -2.02. The Bertz CT molecular complexity index is 1090. The summed E-state index contributed by atoms with van der Waals surface area (Å²) in [4.78, 5) is 4.20. The van der Waals surface area contributed by atoms with E-state index in [4.69, 9.17) is 13.6 Å². The third-order valence-electron chi connectivity index (χ3n) is 4.05. The molecule has 0 fully saturated rings. The molecule has 0 aliphatic rings. The lowest BCUT2D eigenvalue weighted by Gasteiger charge is -2.17. The molecule has 4 nitrogen and oxygen atoms in total. The number of thiol groups is 1. The molecule has 0 saturated heterocycles. The van der Waals surface area contributed by atoms with Crippen molar-refractivity contribution in [2.24, 2.45) is 0 Å². The molecule has 0 unspecified atom stereocenters. The van der Waals surface area contributed by atoms with Gasteiger partial charge in [-0.15, -0.1) is 24.0 Å². The second kappa shape index (κ2) is 11.5. The van der Waals surface area contributed by atoms with E-state index in [9.17, 15) is 0 Å². The van der Waals surface area contributed by atoms with Crippen LogP contribution in [0.25, 0.3) is 10.2 Å². The molecule has 0 radical (unpaired) electrons. The van der Waals surface area contributed by atoms with Crippen molar-refractivity contribution in [2.75, 3.05) is 0 Å². The van der Waals surface area contributed by atoms with Gasteiger partial charge in [-0.25, -0.2) is 4.98 Å². The molecule has 5 rings (SSSR count). The SMILES string of the molecule is Sc1nc2ccccc2s1.c1ccc(OP(Oc2ccccc2)Oc2ccccc2)cc1. The van der Waals surface area contributed by atoms with Gasteiger partial charge in [-0.05, 0) is 48.5 Å². The summed E-state index contributed by atoms with van der Waals surface area (Å²) >= 11 is 5.76. The van der Waals surface area contributed by atoms with Crippen molar-refractivity contribution >= 4 is 42.8 Å². The van der Waals surface area contributed by atoms with E-state index in [1.807, 2.05) is 115 Å². The first kappa shape index (κ1) is 22.2. The Kier molecular flexibility index (Phi) is 7.99. The number of nitrogens with zero attached hydrogens (tertiary/aromatic N) is 1. The zero-order valence-electron chi connectivity index (χ0n) is 16.9. The second-order valence-electron chi connectivity index (χ2n) is 6.40. The maximum atomic E-state index is 5.84. The number of fused-ring (bicyclic) bond motifs is 1. The first-order valence-electron chi connectivity index (χ1n) is 9.80. The normalized spacial score (nSPS) is 10.3. The average Bonchev–Trinajstić information content (AvgIpc) is 3.22. The summed E-state index contributed by atoms with van der Waals surface area (Å²) in [6.07, 6.45) is 0. The summed E-state index contributed by atoms with van der Waals surface area (Å²) in [5.74, 6) is 2.13. The van der Waals surface area contributed by atoms with Gasteiger partial charge in [0.25, 0.3) is 0 Å². The zero-order valence-corrected chi connectivity index (χ0v) is 19.5. The van der Waals surface area contributed by atoms with Crippen LogP contribution < -0.4 is 13.6 Å². The fourth-order valence-corrected chi connectivity index (χ4v) is 4.72. The molecule has 32 heavy (non-hydrogen) atoms. The molecule has 0 aliphatic carbocycles. The van der Waals surface area contributed by atoms with Crippen molar-refractivity contribution in [3.8, 4) is 17.2 Å². The van der Waals surface area contributed by atoms with Crippen LogP contribution in [0.15, 0.2) is 120 Å². The van der Waals surface area contributed by atoms with Gasteiger partial charge in [0.2, 0.25) is 0 Å². The second-order valence-corrected chi connectivity index (χ2v) is 9.15. The van der Waals surface area contributed by atoms with Gasteiger partial charge >= 0.3 is 8.60 Å². The van der Waals surface area contributed by atoms with Crippen LogP contribution in [0.2, 0.25) is 0 Å². The van der Waals surface area contributed by atoms with Crippen LogP contribution in [-0.4, -0.2) is 4.98 Å². The van der Waals surface area contributed by atoms with Gasteiger partial charge in [0.1, 0.15) is 21.6 Å². The predicted molar refractivity (Wildman–Crippen MR) is 135 cm³/mol. The quantitative estimate of drug-likeness (QED) is 0.198. The molecule has 7 heteroatoms. The maximum Gasteiger partial charge on any atom is 0.530 e. The molecule has 0 aliphatic heterocycles. The highest BCUT2D eigenvalue weighted by Crippen LogP contribution is 2.41. The Morgan fingerprint density at radius 3 is 1.41 bits per heavy atom. The van der Waals surface area contributed by atoms with Gasteiger partial charge in [-0.1, -0.05) is 66.7 Å². The number of aromatic nitrogens is 1. The molecular weight excluding hydrogens is 457 g/mol. The molecule has 0 spiro atoms. The van der Waals surface area contributed by atoms with Gasteiger partial charge in [0.15, 0.2) is 0 Å². The van der Waals surface area contributed by atoms with Crippen molar-refractivity contribution in [3.05, 3.63) is 115 Å². The molecule has 0 N–H and O–H groups in total. The van der Waals surface area contributed by atoms with E-state index in [1.54, 1.807) is 11.3 Å². The summed E-state index contributed by atoms with van der Waals surface area (Å²) < 4.78 is 19.6. The zero-order chi connectivity index (χ0) is 22.0. The Morgan fingerprint density at radius 2 is 0.969 bits per heavy atom. The third kappa shape index (κ3) is 6.72. The minimum absolute atomic E-state index is 0.709. The summed E-state index contributed by atoms with van der Waals surface area (Å²) in [6.45, 7) is 0. The number of thiazole rings is 1. The summed E-state index contributed by atoms with van der Waals surface area (Å²) in [5, 5.41) is 0. The van der Waals surface area contributed by atoms with Crippen LogP contribution in [0.4, 0.5) is 0 Å². The Morgan fingerprint density at radius 1 is 0.562 bits per heavy atom. The lowest BCUT2D eigenvalue weighted by molar-refractivity contribution is 0.388. The number of para-hydroxylation sites is 4. The molecule has 0 saturated carbocycles. The molecule has 0 amide bonds. The van der Waals surface area contributed by atoms with Crippen molar-refractivity contribution in [1.29, 1.82) is 0 Å². The van der Waals surface area contributed by atoms with E-state index in [2.05, 4.69) is 17.6 Å².